The van der Waals surface area contributed by atoms with Crippen molar-refractivity contribution >= 4 is 21.7 Å². The van der Waals surface area contributed by atoms with Crippen LogP contribution < -0.4 is 10.3 Å². The van der Waals surface area contributed by atoms with Gasteiger partial charge in [-0.15, -0.1) is 0 Å². The lowest BCUT2D eigenvalue weighted by Crippen LogP contribution is -2.19. The average molecular weight is 374 g/mol. The Labute approximate surface area is 156 Å². The smallest absolute Gasteiger partial charge is 0.267 e. The van der Waals surface area contributed by atoms with Crippen LogP contribution in [0.3, 0.4) is 0 Å². The van der Waals surface area contributed by atoms with Gasteiger partial charge in [-0.2, -0.15) is 0 Å². The first kappa shape index (κ1) is 19.3. The molecular formula is C21H24F2N2O2. The molecule has 2 aromatic heterocycles. The number of fused-ring (bicyclic) bond motifs is 3. The van der Waals surface area contributed by atoms with Crippen LogP contribution in [-0.4, -0.2) is 16.2 Å². The van der Waals surface area contributed by atoms with Gasteiger partial charge in [-0.25, -0.2) is 8.78 Å². The van der Waals surface area contributed by atoms with E-state index in [0.29, 0.717) is 39.9 Å². The van der Waals surface area contributed by atoms with Crippen molar-refractivity contribution in [3.05, 3.63) is 46.0 Å². The fourth-order valence-electron chi connectivity index (χ4n) is 3.39. The normalized spacial score (nSPS) is 11.9. The summed E-state index contributed by atoms with van der Waals surface area (Å²) in [4.78, 5) is 16.9. The summed E-state index contributed by atoms with van der Waals surface area (Å²) < 4.78 is 34.5. The van der Waals surface area contributed by atoms with Gasteiger partial charge < -0.3 is 9.30 Å². The van der Waals surface area contributed by atoms with Crippen molar-refractivity contribution in [2.24, 2.45) is 13.0 Å². The van der Waals surface area contributed by atoms with Crippen LogP contribution in [0.4, 0.5) is 8.78 Å². The molecule has 0 aliphatic carbocycles. The second-order valence-electron chi connectivity index (χ2n) is 7.28. The molecule has 0 saturated carbocycles. The van der Waals surface area contributed by atoms with Crippen molar-refractivity contribution < 1.29 is 13.5 Å². The van der Waals surface area contributed by atoms with Gasteiger partial charge in [0.2, 0.25) is 0 Å². The zero-order valence-corrected chi connectivity index (χ0v) is 16.1. The highest BCUT2D eigenvalue weighted by molar-refractivity contribution is 6.06. The van der Waals surface area contributed by atoms with Crippen molar-refractivity contribution in [2.75, 3.05) is 6.61 Å². The lowest BCUT2D eigenvalue weighted by molar-refractivity contribution is 0.145. The van der Waals surface area contributed by atoms with E-state index < -0.39 is 6.43 Å². The summed E-state index contributed by atoms with van der Waals surface area (Å²) in [5, 5.41) is 1.69. The maximum Gasteiger partial charge on any atom is 0.267 e. The largest absolute Gasteiger partial charge is 0.493 e. The molecule has 3 aromatic rings. The van der Waals surface area contributed by atoms with E-state index in [1.54, 1.807) is 32.3 Å². The average Bonchev–Trinajstić information content (AvgIpc) is 2.62. The minimum Gasteiger partial charge on any atom is -0.493 e. The molecule has 4 nitrogen and oxygen atoms in total. The number of aryl methyl sites for hydroxylation is 2. The van der Waals surface area contributed by atoms with Crippen LogP contribution in [0.25, 0.3) is 21.7 Å². The Morgan fingerprint density at radius 3 is 2.63 bits per heavy atom. The highest BCUT2D eigenvalue weighted by atomic mass is 19.3. The van der Waals surface area contributed by atoms with E-state index in [1.807, 2.05) is 0 Å². The van der Waals surface area contributed by atoms with Crippen LogP contribution in [0.2, 0.25) is 0 Å². The van der Waals surface area contributed by atoms with E-state index in [0.717, 1.165) is 12.8 Å². The van der Waals surface area contributed by atoms with Gasteiger partial charge >= 0.3 is 0 Å². The molecular weight excluding hydrogens is 350 g/mol. The predicted octanol–water partition coefficient (Wildman–Crippen LogP) is 5.15. The van der Waals surface area contributed by atoms with Gasteiger partial charge in [-0.1, -0.05) is 13.8 Å². The Kier molecular flexibility index (Phi) is 5.44. The van der Waals surface area contributed by atoms with Crippen LogP contribution in [-0.2, 0) is 7.05 Å². The standard InChI is InChI=1S/C21H24F2N2O2/c1-12(2)6-5-9-27-18-11-17-15(10-16(18)20(22)23)14-7-8-24-13(3)19(14)21(26)25(17)4/h7-8,10-12,20H,5-6,9H2,1-4H3. The molecule has 0 spiro atoms. The summed E-state index contributed by atoms with van der Waals surface area (Å²) in [6.07, 6.45) is 0.687. The molecule has 0 radical (unpaired) electrons. The monoisotopic (exact) mass is 374 g/mol. The minimum atomic E-state index is -2.66. The quantitative estimate of drug-likeness (QED) is 0.443. The minimum absolute atomic E-state index is 0.140. The summed E-state index contributed by atoms with van der Waals surface area (Å²) in [6, 6.07) is 4.70. The van der Waals surface area contributed by atoms with Crippen LogP contribution >= 0.6 is 0 Å². The van der Waals surface area contributed by atoms with Crippen LogP contribution in [0.5, 0.6) is 5.75 Å². The molecule has 0 saturated heterocycles. The van der Waals surface area contributed by atoms with Crippen molar-refractivity contribution in [1.82, 2.24) is 9.55 Å². The first-order valence-corrected chi connectivity index (χ1v) is 9.14. The molecule has 0 aliphatic rings. The van der Waals surface area contributed by atoms with E-state index in [1.165, 1.54) is 10.6 Å². The zero-order chi connectivity index (χ0) is 19.7. The first-order chi connectivity index (χ1) is 12.8. The molecule has 0 atom stereocenters. The topological polar surface area (TPSA) is 44.1 Å². The fourth-order valence-corrected chi connectivity index (χ4v) is 3.39. The number of nitrogens with zero attached hydrogens (tertiary/aromatic N) is 2. The Balaban J connectivity index is 2.18. The number of hydrogen-bond acceptors (Lipinski definition) is 3. The molecule has 27 heavy (non-hydrogen) atoms. The molecule has 0 bridgehead atoms. The highest BCUT2D eigenvalue weighted by Gasteiger charge is 2.19. The second kappa shape index (κ2) is 7.62. The van der Waals surface area contributed by atoms with Gasteiger partial charge in [0, 0.05) is 24.7 Å². The fraction of sp³-hybridized carbons (Fsp3) is 0.429. The van der Waals surface area contributed by atoms with E-state index in [4.69, 9.17) is 4.74 Å². The maximum atomic E-state index is 13.7. The third-order valence-corrected chi connectivity index (χ3v) is 4.86. The lowest BCUT2D eigenvalue weighted by atomic mass is 10.0. The van der Waals surface area contributed by atoms with Crippen molar-refractivity contribution in [1.29, 1.82) is 0 Å². The molecule has 0 fully saturated rings. The number of aromatic nitrogens is 2. The SMILES string of the molecule is Cc1nccc2c1c(=O)n(C)c1cc(OCCCC(C)C)c(C(F)F)cc21. The zero-order valence-electron chi connectivity index (χ0n) is 16.1. The lowest BCUT2D eigenvalue weighted by Gasteiger charge is -2.16. The number of ether oxygens (including phenoxy) is 1. The van der Waals surface area contributed by atoms with Gasteiger partial charge in [-0.05, 0) is 43.2 Å². The number of halogens is 2. The Bertz CT molecular complexity index is 1040. The Hall–Kier alpha value is -2.50. The highest BCUT2D eigenvalue weighted by Crippen LogP contribution is 2.35. The third kappa shape index (κ3) is 3.66. The molecule has 2 heterocycles. The van der Waals surface area contributed by atoms with Gasteiger partial charge in [0.15, 0.2) is 0 Å². The summed E-state index contributed by atoms with van der Waals surface area (Å²) in [5.74, 6) is 0.671. The van der Waals surface area contributed by atoms with Crippen molar-refractivity contribution in [3.8, 4) is 5.75 Å². The third-order valence-electron chi connectivity index (χ3n) is 4.86. The Morgan fingerprint density at radius 1 is 1.22 bits per heavy atom. The molecule has 0 unspecified atom stereocenters. The summed E-state index contributed by atoms with van der Waals surface area (Å²) >= 11 is 0. The Morgan fingerprint density at radius 2 is 1.96 bits per heavy atom. The maximum absolute atomic E-state index is 13.7. The predicted molar refractivity (Wildman–Crippen MR) is 104 cm³/mol. The van der Waals surface area contributed by atoms with E-state index >= 15 is 0 Å². The molecule has 0 aliphatic heterocycles. The number of benzene rings is 1. The second-order valence-corrected chi connectivity index (χ2v) is 7.28. The molecule has 1 aromatic carbocycles. The number of alkyl halides is 2. The van der Waals surface area contributed by atoms with Crippen LogP contribution in [0, 0.1) is 12.8 Å². The molecule has 144 valence electrons. The number of pyridine rings is 2. The summed E-state index contributed by atoms with van der Waals surface area (Å²) in [7, 11) is 1.64. The summed E-state index contributed by atoms with van der Waals surface area (Å²) in [5.41, 5.74) is 0.809. The van der Waals surface area contributed by atoms with E-state index in [9.17, 15) is 13.6 Å². The first-order valence-electron chi connectivity index (χ1n) is 9.14. The summed E-state index contributed by atoms with van der Waals surface area (Å²) in [6.45, 7) is 6.33. The van der Waals surface area contributed by atoms with Gasteiger partial charge in [-0.3, -0.25) is 9.78 Å². The van der Waals surface area contributed by atoms with Crippen molar-refractivity contribution in [3.63, 3.8) is 0 Å². The van der Waals surface area contributed by atoms with Gasteiger partial charge in [0.05, 0.1) is 28.8 Å². The van der Waals surface area contributed by atoms with E-state index in [2.05, 4.69) is 18.8 Å². The molecule has 0 amide bonds. The molecule has 3 rings (SSSR count). The number of hydrogen-bond donors (Lipinski definition) is 0. The van der Waals surface area contributed by atoms with Crippen LogP contribution in [0.15, 0.2) is 29.2 Å². The van der Waals surface area contributed by atoms with Crippen LogP contribution in [0.1, 0.15) is 44.4 Å². The van der Waals surface area contributed by atoms with Gasteiger partial charge in [0.25, 0.3) is 12.0 Å². The molecule has 6 heteroatoms. The van der Waals surface area contributed by atoms with E-state index in [-0.39, 0.29) is 16.9 Å². The number of rotatable bonds is 6. The molecule has 0 N–H and O–H groups in total. The van der Waals surface area contributed by atoms with Gasteiger partial charge in [0.1, 0.15) is 5.75 Å². The van der Waals surface area contributed by atoms with Crippen molar-refractivity contribution in [2.45, 2.75) is 40.0 Å².